The number of nitrogens with zero attached hydrogens (tertiary/aromatic N) is 1. The van der Waals surface area contributed by atoms with Crippen molar-refractivity contribution in [3.8, 4) is 11.3 Å². The van der Waals surface area contributed by atoms with Crippen molar-refractivity contribution >= 4 is 34.2 Å². The van der Waals surface area contributed by atoms with Crippen LogP contribution in [0, 0.1) is 5.92 Å². The summed E-state index contributed by atoms with van der Waals surface area (Å²) in [5.74, 6) is -2.16. The molecule has 0 radical (unpaired) electrons. The van der Waals surface area contributed by atoms with Gasteiger partial charge in [-0.1, -0.05) is 51.7 Å². The van der Waals surface area contributed by atoms with Crippen LogP contribution in [0.25, 0.3) is 11.3 Å². The summed E-state index contributed by atoms with van der Waals surface area (Å²) >= 11 is 0. The molecule has 0 unspecified atom stereocenters. The van der Waals surface area contributed by atoms with Crippen molar-refractivity contribution in [2.24, 2.45) is 5.92 Å². The summed E-state index contributed by atoms with van der Waals surface area (Å²) in [5.41, 5.74) is 0.374. The molecule has 1 heterocycles. The number of rotatable bonds is 16. The first-order valence-electron chi connectivity index (χ1n) is 12.3. The minimum Gasteiger partial charge on any atom is -0.451 e. The van der Waals surface area contributed by atoms with Crippen LogP contribution in [0.4, 0.5) is 0 Å². The van der Waals surface area contributed by atoms with Gasteiger partial charge in [-0.15, -0.1) is 0 Å². The van der Waals surface area contributed by atoms with Crippen LogP contribution in [0.3, 0.4) is 0 Å². The van der Waals surface area contributed by atoms with E-state index in [4.69, 9.17) is 4.42 Å². The fourth-order valence-corrected chi connectivity index (χ4v) is 4.65. The predicted molar refractivity (Wildman–Crippen MR) is 137 cm³/mol. The lowest BCUT2D eigenvalue weighted by Gasteiger charge is -2.19. The van der Waals surface area contributed by atoms with E-state index in [0.29, 0.717) is 17.0 Å². The number of nitrogens with one attached hydrogen (secondary N) is 3. The van der Waals surface area contributed by atoms with E-state index >= 15 is 0 Å². The Bertz CT molecular complexity index is 1210. The van der Waals surface area contributed by atoms with Gasteiger partial charge in [0.2, 0.25) is 18.2 Å². The molecule has 0 aliphatic carbocycles. The van der Waals surface area contributed by atoms with E-state index in [1.54, 1.807) is 6.07 Å². The maximum atomic E-state index is 12.5. The summed E-state index contributed by atoms with van der Waals surface area (Å²) in [6.45, 7) is 3.23. The molecule has 12 nitrogen and oxygen atoms in total. The summed E-state index contributed by atoms with van der Waals surface area (Å²) in [7, 11) is -4.06. The van der Waals surface area contributed by atoms with Crippen LogP contribution in [0.5, 0.6) is 0 Å². The lowest BCUT2D eigenvalue weighted by molar-refractivity contribution is -0.154. The van der Waals surface area contributed by atoms with Gasteiger partial charge in [0, 0.05) is 12.0 Å². The average molecular weight is 551 g/mol. The molecule has 1 atom stereocenters. The van der Waals surface area contributed by atoms with Crippen LogP contribution >= 0.6 is 0 Å². The highest BCUT2D eigenvalue weighted by molar-refractivity contribution is 7.90. The van der Waals surface area contributed by atoms with Crippen LogP contribution in [0.1, 0.15) is 62.9 Å². The molecule has 0 spiro atoms. The summed E-state index contributed by atoms with van der Waals surface area (Å²) in [4.78, 5) is 47.2. The van der Waals surface area contributed by atoms with E-state index in [1.165, 1.54) is 37.3 Å². The number of hydroxylamine groups is 2. The van der Waals surface area contributed by atoms with E-state index in [-0.39, 0.29) is 42.5 Å². The molecule has 0 saturated heterocycles. The molecule has 0 aliphatic rings. The third-order valence-electron chi connectivity index (χ3n) is 5.65. The SMILES string of the molecule is CCCCCC[C@H](CN(O)C=O)C(=O)NCNC(=O)c1ccc(-c2cccc(S(=O)(=O)NC(=O)CC)c2)o1. The minimum absolute atomic E-state index is 0.00820. The maximum absolute atomic E-state index is 12.5. The normalized spacial score (nSPS) is 11.9. The molecule has 208 valence electrons. The van der Waals surface area contributed by atoms with Crippen LogP contribution in [-0.4, -0.2) is 56.0 Å². The second-order valence-corrected chi connectivity index (χ2v) is 10.3. The molecule has 1 aromatic heterocycles. The van der Waals surface area contributed by atoms with Crippen molar-refractivity contribution in [3.05, 3.63) is 42.2 Å². The molecule has 4 amide bonds. The number of amides is 4. The predicted octanol–water partition coefficient (Wildman–Crippen LogP) is 2.40. The van der Waals surface area contributed by atoms with Gasteiger partial charge in [0.25, 0.3) is 15.9 Å². The Morgan fingerprint density at radius 2 is 1.84 bits per heavy atom. The standard InChI is InChI=1S/C25H34N4O8S/c1-3-5-6-7-9-19(15-29(34)17-30)24(32)26-16-27-25(33)22-13-12-21(37-22)18-10-8-11-20(14-18)38(35,36)28-23(31)4-2/h8,10-14,17,19,34H,3-7,9,15-16H2,1-2H3,(H,26,32)(H,27,33)(H,28,31)/t19-/m1/s1. The van der Waals surface area contributed by atoms with E-state index in [9.17, 15) is 32.8 Å². The number of unbranched alkanes of at least 4 members (excludes halogenated alkanes) is 3. The highest BCUT2D eigenvalue weighted by atomic mass is 32.2. The second-order valence-electron chi connectivity index (χ2n) is 8.57. The minimum atomic E-state index is -4.06. The molecule has 4 N–H and O–H groups in total. The van der Waals surface area contributed by atoms with Crippen molar-refractivity contribution < 1.29 is 37.2 Å². The molecule has 0 fully saturated rings. The molecule has 0 bridgehead atoms. The third kappa shape index (κ3) is 9.30. The summed E-state index contributed by atoms with van der Waals surface area (Å²) in [6.07, 6.45) is 4.44. The first-order valence-corrected chi connectivity index (χ1v) is 13.8. The highest BCUT2D eigenvalue weighted by Crippen LogP contribution is 2.25. The number of carbonyl (C=O) groups is 4. The van der Waals surface area contributed by atoms with Crippen molar-refractivity contribution in [2.75, 3.05) is 13.2 Å². The van der Waals surface area contributed by atoms with Gasteiger partial charge < -0.3 is 15.1 Å². The van der Waals surface area contributed by atoms with Crippen LogP contribution in [0.2, 0.25) is 0 Å². The van der Waals surface area contributed by atoms with Gasteiger partial charge in [-0.25, -0.2) is 18.2 Å². The van der Waals surface area contributed by atoms with E-state index in [2.05, 4.69) is 17.6 Å². The fourth-order valence-electron chi connectivity index (χ4n) is 3.55. The average Bonchev–Trinajstić information content (AvgIpc) is 3.40. The Morgan fingerprint density at radius 1 is 1.08 bits per heavy atom. The van der Waals surface area contributed by atoms with Crippen molar-refractivity contribution in [1.82, 2.24) is 20.4 Å². The van der Waals surface area contributed by atoms with Crippen molar-refractivity contribution in [3.63, 3.8) is 0 Å². The Labute approximate surface area is 221 Å². The van der Waals surface area contributed by atoms with Crippen LogP contribution in [0.15, 0.2) is 45.7 Å². The van der Waals surface area contributed by atoms with Gasteiger partial charge in [0.05, 0.1) is 24.0 Å². The first-order chi connectivity index (χ1) is 18.1. The van der Waals surface area contributed by atoms with Crippen LogP contribution in [-0.2, 0) is 24.4 Å². The maximum Gasteiger partial charge on any atom is 0.288 e. The smallest absolute Gasteiger partial charge is 0.288 e. The zero-order valence-electron chi connectivity index (χ0n) is 21.4. The molecular formula is C25H34N4O8S. The molecule has 0 saturated carbocycles. The number of hydrogen-bond donors (Lipinski definition) is 4. The van der Waals surface area contributed by atoms with Crippen LogP contribution < -0.4 is 15.4 Å². The van der Waals surface area contributed by atoms with Gasteiger partial charge in [-0.05, 0) is 30.7 Å². The summed E-state index contributed by atoms with van der Waals surface area (Å²) in [6, 6.07) is 8.61. The van der Waals surface area contributed by atoms with Crippen molar-refractivity contribution in [2.45, 2.75) is 57.3 Å². The van der Waals surface area contributed by atoms with E-state index in [0.717, 1.165) is 25.7 Å². The van der Waals surface area contributed by atoms with Gasteiger partial charge >= 0.3 is 0 Å². The van der Waals surface area contributed by atoms with Gasteiger partial charge in [-0.3, -0.25) is 24.4 Å². The number of sulfonamides is 1. The van der Waals surface area contributed by atoms with Gasteiger partial charge in [-0.2, -0.15) is 0 Å². The van der Waals surface area contributed by atoms with Crippen molar-refractivity contribution in [1.29, 1.82) is 0 Å². The second kappa shape index (κ2) is 14.9. The van der Waals surface area contributed by atoms with Gasteiger partial charge in [0.1, 0.15) is 5.76 Å². The Balaban J connectivity index is 1.98. The Kier molecular flexibility index (Phi) is 12.0. The molecule has 38 heavy (non-hydrogen) atoms. The Hall–Kier alpha value is -3.71. The third-order valence-corrected chi connectivity index (χ3v) is 7.02. The summed E-state index contributed by atoms with van der Waals surface area (Å²) < 4.78 is 32.3. The number of benzene rings is 1. The molecule has 1 aromatic carbocycles. The zero-order chi connectivity index (χ0) is 28.1. The lowest BCUT2D eigenvalue weighted by atomic mass is 9.99. The largest absolute Gasteiger partial charge is 0.451 e. The van der Waals surface area contributed by atoms with E-state index < -0.39 is 33.7 Å². The monoisotopic (exact) mass is 550 g/mol. The number of carbonyl (C=O) groups excluding carboxylic acids is 4. The number of furan rings is 1. The number of hydrogen-bond acceptors (Lipinski definition) is 8. The first kappa shape index (κ1) is 30.5. The quantitative estimate of drug-likeness (QED) is 0.0810. The highest BCUT2D eigenvalue weighted by Gasteiger charge is 2.21. The Morgan fingerprint density at radius 3 is 2.53 bits per heavy atom. The topological polar surface area (TPSA) is 175 Å². The summed E-state index contributed by atoms with van der Waals surface area (Å²) in [5, 5.41) is 15.0. The molecular weight excluding hydrogens is 516 g/mol. The van der Waals surface area contributed by atoms with E-state index in [1.807, 2.05) is 4.72 Å². The zero-order valence-corrected chi connectivity index (χ0v) is 22.3. The molecule has 2 rings (SSSR count). The van der Waals surface area contributed by atoms with Gasteiger partial charge in [0.15, 0.2) is 5.76 Å². The molecule has 0 aliphatic heterocycles. The molecule has 13 heteroatoms. The fraction of sp³-hybridized carbons (Fsp3) is 0.440. The lowest BCUT2D eigenvalue weighted by Crippen LogP contribution is -2.42. The molecule has 2 aromatic rings.